The SMILES string of the molecule is CCCC(C)[C@H](c1ccc(C)c(F)c1)N1CCNCC1. The Hall–Kier alpha value is -0.930. The molecule has 0 aromatic heterocycles. The maximum atomic E-state index is 13.9. The number of benzene rings is 1. The Bertz CT molecular complexity index is 427. The van der Waals surface area contributed by atoms with Gasteiger partial charge in [0, 0.05) is 32.2 Å². The maximum Gasteiger partial charge on any atom is 0.126 e. The maximum absolute atomic E-state index is 13.9. The normalized spacial score (nSPS) is 19.8. The first-order valence-electron chi connectivity index (χ1n) is 7.84. The van der Waals surface area contributed by atoms with Crippen molar-refractivity contribution in [2.45, 2.75) is 39.7 Å². The lowest BCUT2D eigenvalue weighted by Crippen LogP contribution is -2.46. The van der Waals surface area contributed by atoms with Crippen molar-refractivity contribution in [3.63, 3.8) is 0 Å². The van der Waals surface area contributed by atoms with Gasteiger partial charge >= 0.3 is 0 Å². The van der Waals surface area contributed by atoms with E-state index in [9.17, 15) is 4.39 Å². The molecule has 2 nitrogen and oxygen atoms in total. The van der Waals surface area contributed by atoms with Gasteiger partial charge in [-0.15, -0.1) is 0 Å². The smallest absolute Gasteiger partial charge is 0.126 e. The lowest BCUT2D eigenvalue weighted by atomic mass is 9.88. The molecule has 1 N–H and O–H groups in total. The van der Waals surface area contributed by atoms with Crippen molar-refractivity contribution in [3.8, 4) is 0 Å². The second-order valence-electron chi connectivity index (χ2n) is 6.01. The number of nitrogens with zero attached hydrogens (tertiary/aromatic N) is 1. The van der Waals surface area contributed by atoms with E-state index >= 15 is 0 Å². The van der Waals surface area contributed by atoms with E-state index in [2.05, 4.69) is 30.1 Å². The molecule has 2 atom stereocenters. The molecule has 0 amide bonds. The summed E-state index contributed by atoms with van der Waals surface area (Å²) >= 11 is 0. The predicted octanol–water partition coefficient (Wildman–Crippen LogP) is 3.52. The minimum atomic E-state index is -0.0775. The van der Waals surface area contributed by atoms with Gasteiger partial charge in [0.1, 0.15) is 5.82 Å². The number of halogens is 1. The van der Waals surface area contributed by atoms with Gasteiger partial charge in [-0.1, -0.05) is 32.4 Å². The molecular formula is C17H27FN2. The zero-order chi connectivity index (χ0) is 14.5. The van der Waals surface area contributed by atoms with Crippen LogP contribution in [0.2, 0.25) is 0 Å². The fourth-order valence-corrected chi connectivity index (χ4v) is 3.27. The molecule has 1 aromatic rings. The molecule has 0 aliphatic carbocycles. The van der Waals surface area contributed by atoms with Crippen LogP contribution in [0.15, 0.2) is 18.2 Å². The topological polar surface area (TPSA) is 15.3 Å². The quantitative estimate of drug-likeness (QED) is 0.886. The molecule has 20 heavy (non-hydrogen) atoms. The lowest BCUT2D eigenvalue weighted by molar-refractivity contribution is 0.126. The summed E-state index contributed by atoms with van der Waals surface area (Å²) in [4.78, 5) is 2.51. The van der Waals surface area contributed by atoms with E-state index in [4.69, 9.17) is 0 Å². The fourth-order valence-electron chi connectivity index (χ4n) is 3.27. The Labute approximate surface area is 122 Å². The van der Waals surface area contributed by atoms with E-state index < -0.39 is 0 Å². The summed E-state index contributed by atoms with van der Waals surface area (Å²) in [5.74, 6) is 0.478. The Balaban J connectivity index is 2.26. The van der Waals surface area contributed by atoms with E-state index in [-0.39, 0.29) is 5.82 Å². The molecular weight excluding hydrogens is 251 g/mol. The highest BCUT2D eigenvalue weighted by Gasteiger charge is 2.27. The lowest BCUT2D eigenvalue weighted by Gasteiger charge is -2.38. The minimum Gasteiger partial charge on any atom is -0.314 e. The van der Waals surface area contributed by atoms with Crippen LogP contribution in [-0.2, 0) is 0 Å². The van der Waals surface area contributed by atoms with Crippen LogP contribution in [0.3, 0.4) is 0 Å². The van der Waals surface area contributed by atoms with Gasteiger partial charge in [-0.2, -0.15) is 0 Å². The summed E-state index contributed by atoms with van der Waals surface area (Å²) in [6.45, 7) is 10.5. The second kappa shape index (κ2) is 7.19. The number of piperazine rings is 1. The number of hydrogen-bond donors (Lipinski definition) is 1. The standard InChI is InChI=1S/C17H27FN2/c1-4-5-14(3)17(20-10-8-19-9-11-20)15-7-6-13(2)16(18)12-15/h6-7,12,14,17,19H,4-5,8-11H2,1-3H3/t14?,17-/m1/s1. The third-order valence-electron chi connectivity index (χ3n) is 4.37. The molecule has 3 heteroatoms. The minimum absolute atomic E-state index is 0.0775. The zero-order valence-electron chi connectivity index (χ0n) is 13.0. The molecule has 0 spiro atoms. The monoisotopic (exact) mass is 278 g/mol. The molecule has 0 radical (unpaired) electrons. The van der Waals surface area contributed by atoms with Crippen LogP contribution in [0.1, 0.15) is 43.9 Å². The predicted molar refractivity (Wildman–Crippen MR) is 82.4 cm³/mol. The Kier molecular flexibility index (Phi) is 5.55. The summed E-state index contributed by atoms with van der Waals surface area (Å²) in [7, 11) is 0. The highest BCUT2D eigenvalue weighted by Crippen LogP contribution is 2.32. The Morgan fingerprint density at radius 3 is 2.60 bits per heavy atom. The van der Waals surface area contributed by atoms with Crippen LogP contribution >= 0.6 is 0 Å². The molecule has 0 saturated carbocycles. The van der Waals surface area contributed by atoms with Crippen LogP contribution in [0.25, 0.3) is 0 Å². The summed E-state index contributed by atoms with van der Waals surface area (Å²) < 4.78 is 13.9. The average Bonchev–Trinajstić information content (AvgIpc) is 2.44. The first-order chi connectivity index (χ1) is 9.63. The van der Waals surface area contributed by atoms with Crippen molar-refractivity contribution in [1.29, 1.82) is 0 Å². The van der Waals surface area contributed by atoms with Crippen LogP contribution < -0.4 is 5.32 Å². The number of rotatable bonds is 5. The second-order valence-corrected chi connectivity index (χ2v) is 6.01. The number of nitrogens with one attached hydrogen (secondary N) is 1. The van der Waals surface area contributed by atoms with Gasteiger partial charge in [0.2, 0.25) is 0 Å². The molecule has 1 fully saturated rings. The van der Waals surface area contributed by atoms with Crippen molar-refractivity contribution in [2.75, 3.05) is 26.2 Å². The highest BCUT2D eigenvalue weighted by atomic mass is 19.1. The third kappa shape index (κ3) is 3.58. The van der Waals surface area contributed by atoms with Gasteiger partial charge in [-0.05, 0) is 36.5 Å². The van der Waals surface area contributed by atoms with E-state index in [1.54, 1.807) is 6.07 Å². The summed E-state index contributed by atoms with van der Waals surface area (Å²) in [6.07, 6.45) is 2.36. The summed E-state index contributed by atoms with van der Waals surface area (Å²) in [5, 5.41) is 3.40. The Morgan fingerprint density at radius 2 is 2.00 bits per heavy atom. The molecule has 112 valence electrons. The fraction of sp³-hybridized carbons (Fsp3) is 0.647. The van der Waals surface area contributed by atoms with Crippen molar-refractivity contribution in [1.82, 2.24) is 10.2 Å². The molecule has 1 aliphatic rings. The zero-order valence-corrected chi connectivity index (χ0v) is 13.0. The molecule has 1 unspecified atom stereocenters. The average molecular weight is 278 g/mol. The molecule has 2 rings (SSSR count). The third-order valence-corrected chi connectivity index (χ3v) is 4.37. The summed E-state index contributed by atoms with van der Waals surface area (Å²) in [6, 6.07) is 6.11. The van der Waals surface area contributed by atoms with Crippen LogP contribution in [-0.4, -0.2) is 31.1 Å². The van der Waals surface area contributed by atoms with Gasteiger partial charge in [-0.25, -0.2) is 4.39 Å². The first-order valence-corrected chi connectivity index (χ1v) is 7.84. The van der Waals surface area contributed by atoms with Gasteiger partial charge < -0.3 is 5.32 Å². The van der Waals surface area contributed by atoms with Crippen molar-refractivity contribution >= 4 is 0 Å². The number of hydrogen-bond acceptors (Lipinski definition) is 2. The molecule has 1 aromatic carbocycles. The largest absolute Gasteiger partial charge is 0.314 e. The highest BCUT2D eigenvalue weighted by molar-refractivity contribution is 5.26. The van der Waals surface area contributed by atoms with Crippen LogP contribution in [0.5, 0.6) is 0 Å². The molecule has 1 heterocycles. The Morgan fingerprint density at radius 1 is 1.30 bits per heavy atom. The van der Waals surface area contributed by atoms with Crippen molar-refractivity contribution in [2.24, 2.45) is 5.92 Å². The molecule has 1 aliphatic heterocycles. The van der Waals surface area contributed by atoms with E-state index in [0.29, 0.717) is 12.0 Å². The molecule has 1 saturated heterocycles. The van der Waals surface area contributed by atoms with E-state index in [0.717, 1.165) is 37.3 Å². The van der Waals surface area contributed by atoms with E-state index in [1.807, 2.05) is 13.0 Å². The first kappa shape index (κ1) is 15.5. The molecule has 0 bridgehead atoms. The van der Waals surface area contributed by atoms with Crippen molar-refractivity contribution < 1.29 is 4.39 Å². The number of aryl methyl sites for hydroxylation is 1. The van der Waals surface area contributed by atoms with E-state index in [1.165, 1.54) is 12.8 Å². The van der Waals surface area contributed by atoms with Gasteiger partial charge in [0.25, 0.3) is 0 Å². The summed E-state index contributed by atoms with van der Waals surface area (Å²) in [5.41, 5.74) is 1.87. The van der Waals surface area contributed by atoms with Gasteiger partial charge in [0.05, 0.1) is 0 Å². The van der Waals surface area contributed by atoms with Gasteiger partial charge in [0.15, 0.2) is 0 Å². The van der Waals surface area contributed by atoms with Crippen molar-refractivity contribution in [3.05, 3.63) is 35.1 Å². The van der Waals surface area contributed by atoms with Crippen LogP contribution in [0.4, 0.5) is 4.39 Å². The van der Waals surface area contributed by atoms with Gasteiger partial charge in [-0.3, -0.25) is 4.90 Å². The van der Waals surface area contributed by atoms with Crippen LogP contribution in [0, 0.1) is 18.7 Å².